The second-order valence-electron chi connectivity index (χ2n) is 7.78. The molecule has 5 heteroatoms. The molecule has 0 spiro atoms. The van der Waals surface area contributed by atoms with Crippen LogP contribution >= 0.6 is 0 Å². The molecule has 1 N–H and O–H groups in total. The molecule has 1 fully saturated rings. The Kier molecular flexibility index (Phi) is 4.35. The van der Waals surface area contributed by atoms with Crippen LogP contribution in [0.5, 0.6) is 0 Å². The van der Waals surface area contributed by atoms with E-state index in [2.05, 4.69) is 44.4 Å². The minimum Gasteiger partial charge on any atom is -0.348 e. The number of aromatic nitrogens is 2. The lowest BCUT2D eigenvalue weighted by Crippen LogP contribution is -2.46. The van der Waals surface area contributed by atoms with E-state index in [1.165, 1.54) is 41.8 Å². The summed E-state index contributed by atoms with van der Waals surface area (Å²) in [6.07, 6.45) is 6.50. The van der Waals surface area contributed by atoms with Crippen LogP contribution in [0.25, 0.3) is 0 Å². The van der Waals surface area contributed by atoms with Gasteiger partial charge in [0.2, 0.25) is 0 Å². The van der Waals surface area contributed by atoms with Gasteiger partial charge in [-0.15, -0.1) is 0 Å². The Bertz CT molecular complexity index is 759. The summed E-state index contributed by atoms with van der Waals surface area (Å²) in [4.78, 5) is 14.5. The third kappa shape index (κ3) is 2.99. The Morgan fingerprint density at radius 1 is 1.00 bits per heavy atom. The van der Waals surface area contributed by atoms with E-state index in [9.17, 15) is 0 Å². The van der Waals surface area contributed by atoms with E-state index >= 15 is 0 Å². The Labute approximate surface area is 155 Å². The molecule has 3 aliphatic heterocycles. The number of fused-ring (bicyclic) bond motifs is 2. The van der Waals surface area contributed by atoms with Crippen LogP contribution in [0.1, 0.15) is 35.2 Å². The largest absolute Gasteiger partial charge is 0.348 e. The maximum atomic E-state index is 4.72. The predicted molar refractivity (Wildman–Crippen MR) is 103 cm³/mol. The highest BCUT2D eigenvalue weighted by Gasteiger charge is 2.28. The molecule has 0 bridgehead atoms. The van der Waals surface area contributed by atoms with Crippen LogP contribution in [-0.2, 0) is 25.9 Å². The number of hydrogen-bond donors (Lipinski definition) is 1. The maximum Gasteiger partial charge on any atom is 0.136 e. The SMILES string of the molecule is c1ccc2c(c1)CN(c1ncnc3c1CCN(C1CCCNC1)CC3)C2. The first kappa shape index (κ1) is 16.2. The minimum atomic E-state index is 0.686. The second kappa shape index (κ2) is 6.97. The number of nitrogens with zero attached hydrogens (tertiary/aromatic N) is 4. The Balaban J connectivity index is 1.37. The van der Waals surface area contributed by atoms with Crippen LogP contribution in [0, 0.1) is 0 Å². The standard InChI is InChI=1S/C21H27N5/c1-2-5-17-14-26(13-16(17)4-1)21-19-7-10-25(18-6-3-9-22-12-18)11-8-20(19)23-15-24-21/h1-2,4-5,15,18,22H,3,6-14H2. The van der Waals surface area contributed by atoms with Gasteiger partial charge in [-0.25, -0.2) is 9.97 Å². The molecule has 0 radical (unpaired) electrons. The van der Waals surface area contributed by atoms with E-state index in [4.69, 9.17) is 4.98 Å². The molecule has 1 atom stereocenters. The Hall–Kier alpha value is -1.98. The summed E-state index contributed by atoms with van der Waals surface area (Å²) in [5.41, 5.74) is 5.51. The molecule has 26 heavy (non-hydrogen) atoms. The Morgan fingerprint density at radius 3 is 2.58 bits per heavy atom. The smallest absolute Gasteiger partial charge is 0.136 e. The van der Waals surface area contributed by atoms with Crippen LogP contribution in [0.2, 0.25) is 0 Å². The number of nitrogens with one attached hydrogen (secondary N) is 1. The third-order valence-corrected chi connectivity index (χ3v) is 6.22. The molecule has 0 saturated carbocycles. The average Bonchev–Trinajstić information content (AvgIpc) is 3.01. The molecule has 1 unspecified atom stereocenters. The third-order valence-electron chi connectivity index (χ3n) is 6.22. The van der Waals surface area contributed by atoms with Crippen LogP contribution < -0.4 is 10.2 Å². The molecule has 3 aliphatic rings. The van der Waals surface area contributed by atoms with E-state index in [0.29, 0.717) is 6.04 Å². The van der Waals surface area contributed by atoms with Crippen molar-refractivity contribution in [2.24, 2.45) is 0 Å². The lowest BCUT2D eigenvalue weighted by molar-refractivity contribution is 0.173. The first-order valence-corrected chi connectivity index (χ1v) is 9.98. The number of hydrogen-bond acceptors (Lipinski definition) is 5. The summed E-state index contributed by atoms with van der Waals surface area (Å²) in [6.45, 7) is 6.49. The van der Waals surface area contributed by atoms with Gasteiger partial charge in [-0.1, -0.05) is 24.3 Å². The van der Waals surface area contributed by atoms with Gasteiger partial charge in [0.05, 0.1) is 5.69 Å². The number of benzene rings is 1. The van der Waals surface area contributed by atoms with E-state index in [0.717, 1.165) is 51.4 Å². The zero-order chi connectivity index (χ0) is 17.3. The first-order chi connectivity index (χ1) is 12.9. The van der Waals surface area contributed by atoms with Gasteiger partial charge in [-0.2, -0.15) is 0 Å². The fourth-order valence-corrected chi connectivity index (χ4v) is 4.79. The van der Waals surface area contributed by atoms with Gasteiger partial charge in [0.1, 0.15) is 12.1 Å². The minimum absolute atomic E-state index is 0.686. The average molecular weight is 349 g/mol. The Morgan fingerprint density at radius 2 is 1.81 bits per heavy atom. The first-order valence-electron chi connectivity index (χ1n) is 9.98. The van der Waals surface area contributed by atoms with Crippen LogP contribution in [0.15, 0.2) is 30.6 Å². The lowest BCUT2D eigenvalue weighted by Gasteiger charge is -2.33. The molecular weight excluding hydrogens is 322 g/mol. The molecule has 1 aromatic heterocycles. The normalized spacial score (nSPS) is 23.4. The molecule has 5 nitrogen and oxygen atoms in total. The van der Waals surface area contributed by atoms with Crippen molar-refractivity contribution in [3.05, 3.63) is 53.0 Å². The topological polar surface area (TPSA) is 44.3 Å². The van der Waals surface area contributed by atoms with Gasteiger partial charge in [0, 0.05) is 50.7 Å². The molecule has 136 valence electrons. The van der Waals surface area contributed by atoms with Crippen molar-refractivity contribution in [2.75, 3.05) is 31.1 Å². The number of piperidine rings is 1. The fourth-order valence-electron chi connectivity index (χ4n) is 4.79. The second-order valence-corrected chi connectivity index (χ2v) is 7.78. The van der Waals surface area contributed by atoms with Crippen molar-refractivity contribution < 1.29 is 0 Å². The van der Waals surface area contributed by atoms with Gasteiger partial charge in [-0.3, -0.25) is 4.90 Å². The van der Waals surface area contributed by atoms with Gasteiger partial charge in [0.15, 0.2) is 0 Å². The quantitative estimate of drug-likeness (QED) is 0.900. The summed E-state index contributed by atoms with van der Waals surface area (Å²) in [7, 11) is 0. The molecule has 0 amide bonds. The monoisotopic (exact) mass is 349 g/mol. The molecule has 5 rings (SSSR count). The maximum absolute atomic E-state index is 4.72. The van der Waals surface area contributed by atoms with Crippen LogP contribution in [-0.4, -0.2) is 47.1 Å². The van der Waals surface area contributed by atoms with Crippen molar-refractivity contribution in [2.45, 2.75) is 44.8 Å². The molecule has 1 saturated heterocycles. The van der Waals surface area contributed by atoms with E-state index in [-0.39, 0.29) is 0 Å². The number of rotatable bonds is 2. The predicted octanol–water partition coefficient (Wildman–Crippen LogP) is 2.15. The van der Waals surface area contributed by atoms with Crippen molar-refractivity contribution in [3.8, 4) is 0 Å². The highest BCUT2D eigenvalue weighted by Crippen LogP contribution is 2.31. The zero-order valence-corrected chi connectivity index (χ0v) is 15.3. The van der Waals surface area contributed by atoms with E-state index < -0.39 is 0 Å². The van der Waals surface area contributed by atoms with Gasteiger partial charge < -0.3 is 10.2 Å². The van der Waals surface area contributed by atoms with Crippen LogP contribution in [0.3, 0.4) is 0 Å². The molecule has 1 aromatic carbocycles. The van der Waals surface area contributed by atoms with E-state index in [1.54, 1.807) is 6.33 Å². The summed E-state index contributed by atoms with van der Waals surface area (Å²) in [5, 5.41) is 3.56. The summed E-state index contributed by atoms with van der Waals surface area (Å²) < 4.78 is 0. The molecule has 0 aliphatic carbocycles. The van der Waals surface area contributed by atoms with E-state index in [1.807, 2.05) is 0 Å². The van der Waals surface area contributed by atoms with Crippen molar-refractivity contribution in [1.82, 2.24) is 20.2 Å². The number of anilines is 1. The van der Waals surface area contributed by atoms with Crippen molar-refractivity contribution in [1.29, 1.82) is 0 Å². The highest BCUT2D eigenvalue weighted by molar-refractivity contribution is 5.53. The fraction of sp³-hybridized carbons (Fsp3) is 0.524. The van der Waals surface area contributed by atoms with Crippen molar-refractivity contribution in [3.63, 3.8) is 0 Å². The van der Waals surface area contributed by atoms with Gasteiger partial charge in [-0.05, 0) is 36.9 Å². The van der Waals surface area contributed by atoms with Gasteiger partial charge >= 0.3 is 0 Å². The highest BCUT2D eigenvalue weighted by atomic mass is 15.2. The van der Waals surface area contributed by atoms with Crippen LogP contribution in [0.4, 0.5) is 5.82 Å². The lowest BCUT2D eigenvalue weighted by atomic mass is 10.1. The molecular formula is C21H27N5. The summed E-state index contributed by atoms with van der Waals surface area (Å²) in [5.74, 6) is 1.16. The van der Waals surface area contributed by atoms with Crippen molar-refractivity contribution >= 4 is 5.82 Å². The summed E-state index contributed by atoms with van der Waals surface area (Å²) in [6, 6.07) is 9.45. The summed E-state index contributed by atoms with van der Waals surface area (Å²) >= 11 is 0. The van der Waals surface area contributed by atoms with Gasteiger partial charge in [0.25, 0.3) is 0 Å². The molecule has 4 heterocycles. The molecule has 2 aromatic rings. The zero-order valence-electron chi connectivity index (χ0n) is 15.3.